The molecular weight excluding hydrogens is 432 g/mol. The lowest BCUT2D eigenvalue weighted by atomic mass is 9.81. The van der Waals surface area contributed by atoms with Crippen LogP contribution in [0.25, 0.3) is 0 Å². The number of carbonyl (C=O) groups is 3. The van der Waals surface area contributed by atoms with Gasteiger partial charge in [-0.2, -0.15) is 10.2 Å². The average Bonchev–Trinajstić information content (AvgIpc) is 3.33. The normalized spacial score (nSPS) is 25.6. The van der Waals surface area contributed by atoms with Gasteiger partial charge >= 0.3 is 6.03 Å². The summed E-state index contributed by atoms with van der Waals surface area (Å²) >= 11 is 0. The van der Waals surface area contributed by atoms with E-state index in [0.717, 1.165) is 23.2 Å². The molecule has 174 valence electrons. The fraction of sp³-hybridized carbons (Fsp3) is 0.346. The minimum Gasteiger partial charge on any atom is -0.497 e. The SMILES string of the molecule is COc1ccc2c(c1)C(=O)C(CC[C@@]1(c3ccc(C4CC=C(C)N=N4)cc3)NC(=O)NC1=O)C2. The maximum Gasteiger partial charge on any atom is 0.322 e. The van der Waals surface area contributed by atoms with Gasteiger partial charge in [0.25, 0.3) is 5.91 Å². The molecule has 0 spiro atoms. The molecule has 8 nitrogen and oxygen atoms in total. The number of nitrogens with one attached hydrogen (secondary N) is 2. The van der Waals surface area contributed by atoms with E-state index in [0.29, 0.717) is 36.1 Å². The second kappa shape index (κ2) is 8.52. The van der Waals surface area contributed by atoms with Crippen LogP contribution in [0.4, 0.5) is 4.79 Å². The molecule has 2 aromatic rings. The van der Waals surface area contributed by atoms with Crippen molar-refractivity contribution in [2.75, 3.05) is 7.11 Å². The Hall–Kier alpha value is -3.81. The molecule has 0 radical (unpaired) electrons. The quantitative estimate of drug-likeness (QED) is 0.627. The lowest BCUT2D eigenvalue weighted by Gasteiger charge is -2.28. The van der Waals surface area contributed by atoms with Crippen molar-refractivity contribution in [3.05, 3.63) is 76.5 Å². The first-order chi connectivity index (χ1) is 16.4. The number of methoxy groups -OCH3 is 1. The number of ether oxygens (including phenoxy) is 1. The highest BCUT2D eigenvalue weighted by Gasteiger charge is 2.48. The zero-order valence-electron chi connectivity index (χ0n) is 19.1. The van der Waals surface area contributed by atoms with Crippen molar-refractivity contribution in [2.24, 2.45) is 16.1 Å². The molecule has 5 rings (SSSR count). The van der Waals surface area contributed by atoms with Gasteiger partial charge < -0.3 is 10.1 Å². The van der Waals surface area contributed by atoms with Crippen LogP contribution in [0.15, 0.2) is 64.5 Å². The molecule has 8 heteroatoms. The molecule has 3 amide bonds. The van der Waals surface area contributed by atoms with Gasteiger partial charge in [-0.05, 0) is 61.4 Å². The minimum absolute atomic E-state index is 0.0511. The number of hydrogen-bond donors (Lipinski definition) is 2. The van der Waals surface area contributed by atoms with Gasteiger partial charge in [-0.1, -0.05) is 36.4 Å². The van der Waals surface area contributed by atoms with Gasteiger partial charge in [0.1, 0.15) is 11.3 Å². The lowest BCUT2D eigenvalue weighted by Crippen LogP contribution is -2.44. The van der Waals surface area contributed by atoms with Crippen molar-refractivity contribution in [2.45, 2.75) is 44.2 Å². The van der Waals surface area contributed by atoms with E-state index in [1.54, 1.807) is 13.2 Å². The molecular formula is C26H26N4O4. The summed E-state index contributed by atoms with van der Waals surface area (Å²) in [6.07, 6.45) is 4.21. The number of carbonyl (C=O) groups excluding carboxylic acids is 3. The third-order valence-corrected chi connectivity index (χ3v) is 7.01. The number of ketones is 1. The molecule has 1 saturated heterocycles. The summed E-state index contributed by atoms with van der Waals surface area (Å²) in [6.45, 7) is 1.91. The summed E-state index contributed by atoms with van der Waals surface area (Å²) in [5.74, 6) is 0.0528. The van der Waals surface area contributed by atoms with Gasteiger partial charge in [0.15, 0.2) is 5.78 Å². The molecule has 1 aliphatic carbocycles. The zero-order chi connectivity index (χ0) is 23.9. The number of hydrogen-bond acceptors (Lipinski definition) is 6. The molecule has 2 aromatic carbocycles. The van der Waals surface area contributed by atoms with E-state index in [-0.39, 0.29) is 17.7 Å². The summed E-state index contributed by atoms with van der Waals surface area (Å²) in [5.41, 5.74) is 3.02. The fourth-order valence-corrected chi connectivity index (χ4v) is 5.03. The van der Waals surface area contributed by atoms with Crippen molar-refractivity contribution in [1.29, 1.82) is 0 Å². The van der Waals surface area contributed by atoms with E-state index < -0.39 is 17.5 Å². The van der Waals surface area contributed by atoms with Crippen LogP contribution >= 0.6 is 0 Å². The summed E-state index contributed by atoms with van der Waals surface area (Å²) in [4.78, 5) is 38.2. The lowest BCUT2D eigenvalue weighted by molar-refractivity contribution is -0.124. The van der Waals surface area contributed by atoms with Crippen molar-refractivity contribution in [1.82, 2.24) is 10.6 Å². The Labute approximate surface area is 197 Å². The monoisotopic (exact) mass is 458 g/mol. The van der Waals surface area contributed by atoms with Crippen LogP contribution in [0.3, 0.4) is 0 Å². The van der Waals surface area contributed by atoms with Crippen molar-refractivity contribution in [3.63, 3.8) is 0 Å². The van der Waals surface area contributed by atoms with Crippen LogP contribution in [-0.4, -0.2) is 24.8 Å². The number of imide groups is 1. The maximum atomic E-state index is 13.0. The summed E-state index contributed by atoms with van der Waals surface area (Å²) in [5, 5.41) is 13.7. The highest BCUT2D eigenvalue weighted by atomic mass is 16.5. The molecule has 0 bridgehead atoms. The molecule has 2 aliphatic heterocycles. The first kappa shape index (κ1) is 22.0. The number of nitrogens with zero attached hydrogens (tertiary/aromatic N) is 2. The van der Waals surface area contributed by atoms with Crippen molar-refractivity contribution >= 4 is 17.7 Å². The van der Waals surface area contributed by atoms with E-state index in [9.17, 15) is 14.4 Å². The van der Waals surface area contributed by atoms with E-state index in [1.165, 1.54) is 0 Å². The summed E-state index contributed by atoms with van der Waals surface area (Å²) in [7, 11) is 1.57. The third-order valence-electron chi connectivity index (χ3n) is 7.01. The molecule has 2 N–H and O–H groups in total. The molecule has 3 aliphatic rings. The molecule has 2 heterocycles. The Balaban J connectivity index is 1.36. The largest absolute Gasteiger partial charge is 0.497 e. The van der Waals surface area contributed by atoms with Crippen molar-refractivity contribution < 1.29 is 19.1 Å². The van der Waals surface area contributed by atoms with E-state index >= 15 is 0 Å². The number of amides is 3. The Kier molecular flexibility index (Phi) is 5.51. The second-order valence-corrected chi connectivity index (χ2v) is 9.08. The standard InChI is InChI=1S/C26H26N4O4/c1-15-3-10-22(30-29-15)16-4-7-19(8-5-16)26(24(32)27-25(33)28-26)12-11-18-13-17-6-9-20(34-2)14-21(17)23(18)31/h3-9,14,18,22H,10-13H2,1-2H3,(H2,27,28,32,33)/t18?,22?,26-/m0/s1. The number of azo groups is 1. The van der Waals surface area contributed by atoms with Crippen LogP contribution in [0.2, 0.25) is 0 Å². The van der Waals surface area contributed by atoms with Gasteiger partial charge in [0, 0.05) is 11.5 Å². The number of allylic oxidation sites excluding steroid dienone is 1. The van der Waals surface area contributed by atoms with Gasteiger partial charge in [-0.3, -0.25) is 14.9 Å². The number of fused-ring (bicyclic) bond motifs is 1. The van der Waals surface area contributed by atoms with Crippen LogP contribution in [0, 0.1) is 5.92 Å². The topological polar surface area (TPSA) is 109 Å². The minimum atomic E-state index is -1.22. The average molecular weight is 459 g/mol. The van der Waals surface area contributed by atoms with Crippen LogP contribution in [-0.2, 0) is 16.8 Å². The number of rotatable bonds is 6. The van der Waals surface area contributed by atoms with Crippen LogP contribution < -0.4 is 15.4 Å². The molecule has 0 saturated carbocycles. The van der Waals surface area contributed by atoms with Crippen LogP contribution in [0.5, 0.6) is 5.75 Å². The van der Waals surface area contributed by atoms with E-state index in [4.69, 9.17) is 4.74 Å². The summed E-state index contributed by atoms with van der Waals surface area (Å²) in [6, 6.07) is 12.5. The van der Waals surface area contributed by atoms with Crippen LogP contribution in [0.1, 0.15) is 59.3 Å². The Morgan fingerprint density at radius 3 is 2.56 bits per heavy atom. The Morgan fingerprint density at radius 2 is 1.91 bits per heavy atom. The molecule has 2 unspecified atom stereocenters. The second-order valence-electron chi connectivity index (χ2n) is 9.08. The predicted octanol–water partition coefficient (Wildman–Crippen LogP) is 4.37. The van der Waals surface area contributed by atoms with Crippen molar-refractivity contribution in [3.8, 4) is 5.75 Å². The number of benzene rings is 2. The summed E-state index contributed by atoms with van der Waals surface area (Å²) < 4.78 is 5.25. The molecule has 1 fully saturated rings. The van der Waals surface area contributed by atoms with Gasteiger partial charge in [0.05, 0.1) is 18.8 Å². The van der Waals surface area contributed by atoms with Gasteiger partial charge in [0.2, 0.25) is 0 Å². The molecule has 34 heavy (non-hydrogen) atoms. The fourth-order valence-electron chi connectivity index (χ4n) is 5.03. The zero-order valence-corrected chi connectivity index (χ0v) is 19.1. The predicted molar refractivity (Wildman–Crippen MR) is 125 cm³/mol. The molecule has 0 aromatic heterocycles. The maximum absolute atomic E-state index is 13.0. The Bertz CT molecular complexity index is 1230. The Morgan fingerprint density at radius 1 is 1.12 bits per heavy atom. The van der Waals surface area contributed by atoms with Gasteiger partial charge in [-0.25, -0.2) is 4.79 Å². The third kappa shape index (κ3) is 3.79. The first-order valence-corrected chi connectivity index (χ1v) is 11.4. The smallest absolute Gasteiger partial charge is 0.322 e. The molecule has 3 atom stereocenters. The highest BCUT2D eigenvalue weighted by Crippen LogP contribution is 2.38. The number of urea groups is 1. The highest BCUT2D eigenvalue weighted by molar-refractivity contribution is 6.07. The van der Waals surface area contributed by atoms with Gasteiger partial charge in [-0.15, -0.1) is 0 Å². The van der Waals surface area contributed by atoms with E-state index in [2.05, 4.69) is 20.9 Å². The number of Topliss-reactive ketones (excluding diaryl/α,β-unsaturated/α-hetero) is 1. The first-order valence-electron chi connectivity index (χ1n) is 11.4. The van der Waals surface area contributed by atoms with E-state index in [1.807, 2.05) is 49.4 Å².